The molecule has 1 aliphatic rings. The van der Waals surface area contributed by atoms with Crippen LogP contribution in [0.15, 0.2) is 24.3 Å². The Kier molecular flexibility index (Phi) is 4.73. The van der Waals surface area contributed by atoms with Crippen molar-refractivity contribution in [3.8, 4) is 0 Å². The lowest BCUT2D eigenvalue weighted by Gasteiger charge is -2.20. The average Bonchev–Trinajstić information content (AvgIpc) is 2.51. The minimum atomic E-state index is 1.02. The Bertz CT molecular complexity index is 324. The first kappa shape index (κ1) is 12.0. The van der Waals surface area contributed by atoms with Crippen molar-refractivity contribution < 1.29 is 0 Å². The van der Waals surface area contributed by atoms with Crippen molar-refractivity contribution in [2.75, 3.05) is 18.8 Å². The maximum absolute atomic E-state index is 4.27. The molecule has 0 unspecified atom stereocenters. The molecule has 0 N–H and O–H groups in total. The van der Waals surface area contributed by atoms with E-state index in [-0.39, 0.29) is 0 Å². The fraction of sp³-hybridized carbons (Fsp3) is 0.571. The van der Waals surface area contributed by atoms with Crippen molar-refractivity contribution in [3.63, 3.8) is 0 Å². The predicted octanol–water partition coefficient (Wildman–Crippen LogP) is 3.14. The van der Waals surface area contributed by atoms with Gasteiger partial charge in [0.25, 0.3) is 0 Å². The number of thiol groups is 1. The number of unbranched alkanes of at least 4 members (excludes halogenated alkanes) is 1. The Morgan fingerprint density at radius 3 is 2.75 bits per heavy atom. The van der Waals surface area contributed by atoms with Crippen LogP contribution in [0, 0.1) is 0 Å². The zero-order chi connectivity index (χ0) is 11.2. The Labute approximate surface area is 104 Å². The number of hydrogen-bond donors (Lipinski definition) is 1. The minimum absolute atomic E-state index is 1.02. The van der Waals surface area contributed by atoms with Gasteiger partial charge in [0.2, 0.25) is 0 Å². The number of aryl methyl sites for hydroxylation is 1. The van der Waals surface area contributed by atoms with Crippen molar-refractivity contribution in [2.45, 2.75) is 32.2 Å². The molecule has 0 aliphatic carbocycles. The highest BCUT2D eigenvalue weighted by molar-refractivity contribution is 7.80. The molecule has 0 spiro atoms. The summed E-state index contributed by atoms with van der Waals surface area (Å²) in [6, 6.07) is 8.89. The molecule has 1 aliphatic heterocycles. The largest absolute Gasteiger partial charge is 0.299 e. The van der Waals surface area contributed by atoms with E-state index >= 15 is 0 Å². The smallest absolute Gasteiger partial charge is 0.0236 e. The monoisotopic (exact) mass is 235 g/mol. The lowest BCUT2D eigenvalue weighted by Crippen LogP contribution is -2.24. The minimum Gasteiger partial charge on any atom is -0.299 e. The second-order valence-electron chi connectivity index (χ2n) is 4.58. The van der Waals surface area contributed by atoms with Gasteiger partial charge in [-0.3, -0.25) is 4.90 Å². The quantitative estimate of drug-likeness (QED) is 0.620. The van der Waals surface area contributed by atoms with Gasteiger partial charge in [-0.15, -0.1) is 0 Å². The van der Waals surface area contributed by atoms with E-state index in [4.69, 9.17) is 0 Å². The van der Waals surface area contributed by atoms with Crippen LogP contribution in [0.3, 0.4) is 0 Å². The van der Waals surface area contributed by atoms with Crippen molar-refractivity contribution >= 4 is 12.6 Å². The van der Waals surface area contributed by atoms with E-state index in [0.29, 0.717) is 0 Å². The number of rotatable bonds is 4. The molecule has 0 saturated heterocycles. The summed E-state index contributed by atoms with van der Waals surface area (Å²) in [5, 5.41) is 0. The number of benzene rings is 1. The molecule has 1 aromatic carbocycles. The van der Waals surface area contributed by atoms with Crippen LogP contribution in [0.2, 0.25) is 0 Å². The Hall–Kier alpha value is -0.470. The van der Waals surface area contributed by atoms with Crippen LogP contribution in [0.4, 0.5) is 0 Å². The van der Waals surface area contributed by atoms with Crippen LogP contribution in [-0.2, 0) is 13.0 Å². The van der Waals surface area contributed by atoms with Crippen LogP contribution >= 0.6 is 12.6 Å². The van der Waals surface area contributed by atoms with Gasteiger partial charge in [-0.05, 0) is 55.7 Å². The van der Waals surface area contributed by atoms with Crippen LogP contribution < -0.4 is 0 Å². The van der Waals surface area contributed by atoms with E-state index in [1.807, 2.05) is 0 Å². The summed E-state index contributed by atoms with van der Waals surface area (Å²) in [6.07, 6.45) is 5.07. The van der Waals surface area contributed by atoms with Crippen LogP contribution in [-0.4, -0.2) is 23.7 Å². The summed E-state index contributed by atoms with van der Waals surface area (Å²) in [6.45, 7) is 3.62. The molecule has 0 saturated carbocycles. The van der Waals surface area contributed by atoms with Gasteiger partial charge in [-0.1, -0.05) is 24.3 Å². The molecule has 0 bridgehead atoms. The molecule has 0 atom stereocenters. The molecule has 2 heteroatoms. The molecule has 2 rings (SSSR count). The third-order valence-corrected chi connectivity index (χ3v) is 3.63. The molecular weight excluding hydrogens is 214 g/mol. The molecule has 1 nitrogen and oxygen atoms in total. The molecule has 0 fully saturated rings. The summed E-state index contributed by atoms with van der Waals surface area (Å²) in [5.74, 6) is 1.02. The fourth-order valence-corrected chi connectivity index (χ4v) is 2.63. The SMILES string of the molecule is SCCCCN1CCCc2ccccc2C1. The first-order valence-electron chi connectivity index (χ1n) is 6.30. The fourth-order valence-electron chi connectivity index (χ4n) is 2.41. The standard InChI is InChI=1S/C14H21NS/c16-11-4-3-9-15-10-5-8-13-6-1-2-7-14(13)12-15/h1-2,6-7,16H,3-5,8-12H2. The summed E-state index contributed by atoms with van der Waals surface area (Å²) in [4.78, 5) is 2.59. The van der Waals surface area contributed by atoms with Gasteiger partial charge >= 0.3 is 0 Å². The van der Waals surface area contributed by atoms with Gasteiger partial charge in [-0.25, -0.2) is 0 Å². The molecule has 0 amide bonds. The zero-order valence-corrected chi connectivity index (χ0v) is 10.8. The maximum atomic E-state index is 4.27. The molecule has 0 aromatic heterocycles. The van der Waals surface area contributed by atoms with Gasteiger partial charge in [-0.2, -0.15) is 12.6 Å². The summed E-state index contributed by atoms with van der Waals surface area (Å²) in [5.41, 5.74) is 3.09. The first-order valence-corrected chi connectivity index (χ1v) is 6.93. The first-order chi connectivity index (χ1) is 7.90. The second-order valence-corrected chi connectivity index (χ2v) is 5.03. The van der Waals surface area contributed by atoms with Crippen molar-refractivity contribution in [1.82, 2.24) is 4.90 Å². The van der Waals surface area contributed by atoms with Crippen molar-refractivity contribution in [3.05, 3.63) is 35.4 Å². The average molecular weight is 235 g/mol. The van der Waals surface area contributed by atoms with E-state index < -0.39 is 0 Å². The predicted molar refractivity (Wildman–Crippen MR) is 73.1 cm³/mol. The maximum Gasteiger partial charge on any atom is 0.0236 e. The summed E-state index contributed by atoms with van der Waals surface area (Å²) >= 11 is 4.27. The van der Waals surface area contributed by atoms with E-state index in [2.05, 4.69) is 41.8 Å². The van der Waals surface area contributed by atoms with Gasteiger partial charge in [0.1, 0.15) is 0 Å². The number of fused-ring (bicyclic) bond motifs is 1. The van der Waals surface area contributed by atoms with Crippen LogP contribution in [0.5, 0.6) is 0 Å². The Balaban J connectivity index is 1.94. The molecule has 88 valence electrons. The van der Waals surface area contributed by atoms with Crippen LogP contribution in [0.25, 0.3) is 0 Å². The topological polar surface area (TPSA) is 3.24 Å². The molecule has 0 radical (unpaired) electrons. The number of nitrogens with zero attached hydrogens (tertiary/aromatic N) is 1. The lowest BCUT2D eigenvalue weighted by molar-refractivity contribution is 0.265. The molecule has 1 heterocycles. The second kappa shape index (κ2) is 6.31. The Morgan fingerprint density at radius 2 is 1.94 bits per heavy atom. The molecular formula is C14H21NS. The van der Waals surface area contributed by atoms with E-state index in [1.54, 1.807) is 5.56 Å². The van der Waals surface area contributed by atoms with Gasteiger partial charge in [0.15, 0.2) is 0 Å². The third kappa shape index (κ3) is 3.26. The lowest BCUT2D eigenvalue weighted by atomic mass is 10.0. The van der Waals surface area contributed by atoms with E-state index in [0.717, 1.165) is 12.3 Å². The molecule has 16 heavy (non-hydrogen) atoms. The number of hydrogen-bond acceptors (Lipinski definition) is 2. The highest BCUT2D eigenvalue weighted by Gasteiger charge is 2.12. The highest BCUT2D eigenvalue weighted by atomic mass is 32.1. The molecule has 1 aromatic rings. The highest BCUT2D eigenvalue weighted by Crippen LogP contribution is 2.18. The van der Waals surface area contributed by atoms with Gasteiger partial charge in [0, 0.05) is 6.54 Å². The van der Waals surface area contributed by atoms with Gasteiger partial charge < -0.3 is 0 Å². The summed E-state index contributed by atoms with van der Waals surface area (Å²) in [7, 11) is 0. The van der Waals surface area contributed by atoms with Gasteiger partial charge in [0.05, 0.1) is 0 Å². The van der Waals surface area contributed by atoms with Crippen LogP contribution in [0.1, 0.15) is 30.4 Å². The van der Waals surface area contributed by atoms with Crippen molar-refractivity contribution in [1.29, 1.82) is 0 Å². The summed E-state index contributed by atoms with van der Waals surface area (Å²) < 4.78 is 0. The Morgan fingerprint density at radius 1 is 1.12 bits per heavy atom. The van der Waals surface area contributed by atoms with E-state index in [1.165, 1.54) is 44.3 Å². The van der Waals surface area contributed by atoms with Crippen molar-refractivity contribution in [2.24, 2.45) is 0 Å². The normalized spacial score (nSPS) is 16.8. The van der Waals surface area contributed by atoms with E-state index in [9.17, 15) is 0 Å². The zero-order valence-electron chi connectivity index (χ0n) is 9.86. The third-order valence-electron chi connectivity index (χ3n) is 3.32.